The van der Waals surface area contributed by atoms with Gasteiger partial charge in [0.25, 0.3) is 0 Å². The molecule has 0 unspecified atom stereocenters. The van der Waals surface area contributed by atoms with Crippen molar-refractivity contribution in [2.24, 2.45) is 5.73 Å². The number of carbonyl (C=O) groups is 3. The second kappa shape index (κ2) is 10.7. The van der Waals surface area contributed by atoms with Crippen molar-refractivity contribution in [2.45, 2.75) is 49.3 Å². The second-order valence-electron chi connectivity index (χ2n) is 9.93. The summed E-state index contributed by atoms with van der Waals surface area (Å²) < 4.78 is 5.74. The predicted octanol–water partition coefficient (Wildman–Crippen LogP) is 2.01. The lowest BCUT2D eigenvalue weighted by Crippen LogP contribution is -2.51. The standard InChI is InChI=1S/C28H31N5O4/c29-13-19-6-5-11-32(19)27(35)26(30)14-31-18-12-20(16-34)33(15-18)28(36)37-17-25-23-9-3-1-7-21(23)22-8-2-4-10-24(22)25/h1-4,7-10,16,18-20,25-26,31H,5-6,11-12,14-15,17,30H2/t18-,19-,20-,26-/m0/s1. The Kier molecular flexibility index (Phi) is 7.22. The van der Waals surface area contributed by atoms with Gasteiger partial charge in [0, 0.05) is 31.6 Å². The average molecular weight is 502 g/mol. The van der Waals surface area contributed by atoms with E-state index in [1.54, 1.807) is 0 Å². The predicted molar refractivity (Wildman–Crippen MR) is 136 cm³/mol. The summed E-state index contributed by atoms with van der Waals surface area (Å²) in [6, 6.07) is 16.4. The van der Waals surface area contributed by atoms with Crippen LogP contribution in [0.5, 0.6) is 0 Å². The molecular weight excluding hydrogens is 470 g/mol. The fourth-order valence-electron chi connectivity index (χ4n) is 5.79. The number of nitrogens with two attached hydrogens (primary N) is 1. The molecule has 0 radical (unpaired) electrons. The molecule has 4 atom stereocenters. The van der Waals surface area contributed by atoms with Crippen LogP contribution < -0.4 is 11.1 Å². The van der Waals surface area contributed by atoms with E-state index in [1.807, 2.05) is 24.3 Å². The topological polar surface area (TPSA) is 129 Å². The van der Waals surface area contributed by atoms with Gasteiger partial charge >= 0.3 is 6.09 Å². The molecular formula is C28H31N5O4. The maximum Gasteiger partial charge on any atom is 0.410 e. The summed E-state index contributed by atoms with van der Waals surface area (Å²) in [6.07, 6.45) is 2.11. The van der Waals surface area contributed by atoms with Crippen molar-refractivity contribution in [1.82, 2.24) is 15.1 Å². The molecule has 2 aromatic carbocycles. The SMILES string of the molecule is N#C[C@@H]1CCCN1C(=O)[C@@H](N)CN[C@H]1C[C@@H](C=O)N(C(=O)OCC2c3ccccc3-c3ccccc32)C1. The molecule has 0 aromatic heterocycles. The Labute approximate surface area is 216 Å². The fraction of sp³-hybridized carbons (Fsp3) is 0.429. The summed E-state index contributed by atoms with van der Waals surface area (Å²) >= 11 is 0. The van der Waals surface area contributed by atoms with E-state index >= 15 is 0 Å². The summed E-state index contributed by atoms with van der Waals surface area (Å²) in [7, 11) is 0. The Balaban J connectivity index is 1.17. The zero-order valence-corrected chi connectivity index (χ0v) is 20.6. The quantitative estimate of drug-likeness (QED) is 0.555. The van der Waals surface area contributed by atoms with Gasteiger partial charge in [-0.2, -0.15) is 5.26 Å². The Morgan fingerprint density at radius 2 is 1.81 bits per heavy atom. The Hall–Kier alpha value is -3.74. The molecule has 1 aliphatic carbocycles. The molecule has 37 heavy (non-hydrogen) atoms. The maximum atomic E-state index is 13.0. The van der Waals surface area contributed by atoms with Crippen LogP contribution in [0.1, 0.15) is 36.3 Å². The lowest BCUT2D eigenvalue weighted by atomic mass is 9.98. The van der Waals surface area contributed by atoms with E-state index in [0.717, 1.165) is 35.0 Å². The summed E-state index contributed by atoms with van der Waals surface area (Å²) in [5, 5.41) is 12.5. The highest BCUT2D eigenvalue weighted by Crippen LogP contribution is 2.44. The van der Waals surface area contributed by atoms with E-state index < -0.39 is 24.2 Å². The van der Waals surface area contributed by atoms with Crippen LogP contribution in [-0.4, -0.2) is 78.5 Å². The van der Waals surface area contributed by atoms with Crippen LogP contribution >= 0.6 is 0 Å². The number of hydrogen-bond acceptors (Lipinski definition) is 7. The molecule has 2 fully saturated rings. The van der Waals surface area contributed by atoms with E-state index in [9.17, 15) is 19.6 Å². The number of ether oxygens (including phenoxy) is 1. The highest BCUT2D eigenvalue weighted by Gasteiger charge is 2.38. The summed E-state index contributed by atoms with van der Waals surface area (Å²) in [6.45, 7) is 1.20. The molecule has 2 aromatic rings. The van der Waals surface area contributed by atoms with Gasteiger partial charge in [0.05, 0.1) is 18.2 Å². The van der Waals surface area contributed by atoms with Crippen molar-refractivity contribution in [3.8, 4) is 17.2 Å². The van der Waals surface area contributed by atoms with Crippen LogP contribution in [0.3, 0.4) is 0 Å². The number of rotatable bonds is 7. The zero-order chi connectivity index (χ0) is 25.9. The number of nitrogens with zero attached hydrogens (tertiary/aromatic N) is 3. The van der Waals surface area contributed by atoms with Crippen LogP contribution in [0, 0.1) is 11.3 Å². The van der Waals surface area contributed by atoms with Gasteiger partial charge in [-0.15, -0.1) is 0 Å². The monoisotopic (exact) mass is 501 g/mol. The van der Waals surface area contributed by atoms with Crippen LogP contribution in [0.4, 0.5) is 4.79 Å². The zero-order valence-electron chi connectivity index (χ0n) is 20.6. The molecule has 0 spiro atoms. The fourth-order valence-corrected chi connectivity index (χ4v) is 5.79. The Morgan fingerprint density at radius 1 is 1.14 bits per heavy atom. The highest BCUT2D eigenvalue weighted by molar-refractivity contribution is 5.83. The minimum atomic E-state index is -0.799. The maximum absolute atomic E-state index is 13.0. The van der Waals surface area contributed by atoms with E-state index in [0.29, 0.717) is 19.4 Å². The van der Waals surface area contributed by atoms with Crippen LogP contribution in [0.25, 0.3) is 11.1 Å². The molecule has 0 bridgehead atoms. The lowest BCUT2D eigenvalue weighted by molar-refractivity contribution is -0.132. The molecule has 3 N–H and O–H groups in total. The first-order valence-electron chi connectivity index (χ1n) is 12.8. The Morgan fingerprint density at radius 3 is 2.46 bits per heavy atom. The van der Waals surface area contributed by atoms with Gasteiger partial charge in [-0.3, -0.25) is 9.69 Å². The number of carbonyl (C=O) groups excluding carboxylic acids is 3. The number of fused-ring (bicyclic) bond motifs is 3. The first kappa shape index (κ1) is 24.9. The summed E-state index contributed by atoms with van der Waals surface area (Å²) in [5.41, 5.74) is 10.7. The smallest absolute Gasteiger partial charge is 0.410 e. The first-order valence-corrected chi connectivity index (χ1v) is 12.8. The Bertz CT molecular complexity index is 1180. The number of nitriles is 1. The van der Waals surface area contributed by atoms with Gasteiger partial charge in [0.2, 0.25) is 5.91 Å². The lowest BCUT2D eigenvalue weighted by Gasteiger charge is -2.24. The third-order valence-electron chi connectivity index (χ3n) is 7.70. The third-order valence-corrected chi connectivity index (χ3v) is 7.70. The van der Waals surface area contributed by atoms with Crippen molar-refractivity contribution in [2.75, 3.05) is 26.2 Å². The van der Waals surface area contributed by atoms with Gasteiger partial charge in [-0.05, 0) is 41.5 Å². The molecule has 2 amide bonds. The van der Waals surface area contributed by atoms with E-state index in [2.05, 4.69) is 35.7 Å². The minimum absolute atomic E-state index is 0.0607. The molecule has 0 saturated carbocycles. The van der Waals surface area contributed by atoms with Crippen molar-refractivity contribution in [3.05, 3.63) is 59.7 Å². The largest absolute Gasteiger partial charge is 0.448 e. The highest BCUT2D eigenvalue weighted by atomic mass is 16.6. The summed E-state index contributed by atoms with van der Waals surface area (Å²) in [5.74, 6) is -0.315. The molecule has 192 valence electrons. The number of amides is 2. The summed E-state index contributed by atoms with van der Waals surface area (Å²) in [4.78, 5) is 40.4. The molecule has 5 rings (SSSR count). The van der Waals surface area contributed by atoms with Crippen molar-refractivity contribution in [1.29, 1.82) is 5.26 Å². The van der Waals surface area contributed by atoms with Crippen LogP contribution in [0.15, 0.2) is 48.5 Å². The van der Waals surface area contributed by atoms with Gasteiger partial charge in [-0.1, -0.05) is 48.5 Å². The first-order chi connectivity index (χ1) is 18.0. The van der Waals surface area contributed by atoms with Gasteiger partial charge < -0.3 is 25.5 Å². The second-order valence-corrected chi connectivity index (χ2v) is 9.93. The normalized spacial score (nSPS) is 23.3. The van der Waals surface area contributed by atoms with E-state index in [4.69, 9.17) is 10.5 Å². The van der Waals surface area contributed by atoms with Crippen LogP contribution in [0.2, 0.25) is 0 Å². The van der Waals surface area contributed by atoms with E-state index in [1.165, 1.54) is 9.80 Å². The molecule has 9 nitrogen and oxygen atoms in total. The molecule has 2 heterocycles. The van der Waals surface area contributed by atoms with Gasteiger partial charge in [0.15, 0.2) is 0 Å². The molecule has 3 aliphatic rings. The molecule has 2 aliphatic heterocycles. The average Bonchev–Trinajstić information content (AvgIpc) is 3.65. The van der Waals surface area contributed by atoms with Crippen molar-refractivity contribution in [3.63, 3.8) is 0 Å². The van der Waals surface area contributed by atoms with Gasteiger partial charge in [-0.25, -0.2) is 4.79 Å². The van der Waals surface area contributed by atoms with Crippen molar-refractivity contribution >= 4 is 18.3 Å². The number of hydrogen-bond donors (Lipinski definition) is 2. The number of nitrogens with one attached hydrogen (secondary N) is 1. The molecule has 9 heteroatoms. The molecule has 2 saturated heterocycles. The number of aldehydes is 1. The van der Waals surface area contributed by atoms with Crippen molar-refractivity contribution < 1.29 is 19.1 Å². The van der Waals surface area contributed by atoms with Gasteiger partial charge in [0.1, 0.15) is 18.9 Å². The number of benzene rings is 2. The number of likely N-dealkylation sites (tertiary alicyclic amines) is 2. The third kappa shape index (κ3) is 4.82. The minimum Gasteiger partial charge on any atom is -0.448 e. The van der Waals surface area contributed by atoms with E-state index in [-0.39, 0.29) is 37.6 Å². The van der Waals surface area contributed by atoms with Crippen LogP contribution in [-0.2, 0) is 14.3 Å².